The molecule has 0 unspecified atom stereocenters. The molecule has 0 saturated heterocycles. The smallest absolute Gasteiger partial charge is 0.134 e. The van der Waals surface area contributed by atoms with Gasteiger partial charge in [-0.1, -0.05) is 12.1 Å². The molecule has 0 aliphatic carbocycles. The van der Waals surface area contributed by atoms with Crippen LogP contribution in [0.1, 0.15) is 18.0 Å². The summed E-state index contributed by atoms with van der Waals surface area (Å²) in [5.41, 5.74) is 6.27. The van der Waals surface area contributed by atoms with E-state index in [9.17, 15) is 5.11 Å². The molecule has 0 fully saturated rings. The van der Waals surface area contributed by atoms with Crippen molar-refractivity contribution in [2.45, 2.75) is 12.5 Å². The third-order valence-corrected chi connectivity index (χ3v) is 2.37. The number of halogens is 2. The summed E-state index contributed by atoms with van der Waals surface area (Å²) in [4.78, 5) is 0. The Bertz CT molecular complexity index is 351. The highest BCUT2D eigenvalue weighted by atomic mass is 79.9. The predicted molar refractivity (Wildman–Crippen MR) is 60.2 cm³/mol. The van der Waals surface area contributed by atoms with Gasteiger partial charge in [0, 0.05) is 11.6 Å². The molecule has 0 bridgehead atoms. The molecule has 0 saturated carbocycles. The van der Waals surface area contributed by atoms with Crippen molar-refractivity contribution < 1.29 is 5.11 Å². The maximum atomic E-state index is 9.56. The molecule has 3 nitrogen and oxygen atoms in total. The third kappa shape index (κ3) is 2.88. The van der Waals surface area contributed by atoms with Crippen LogP contribution in [0.15, 0.2) is 22.7 Å². The second kappa shape index (κ2) is 5.86. The third-order valence-electron chi connectivity index (χ3n) is 1.73. The van der Waals surface area contributed by atoms with Crippen molar-refractivity contribution in [2.75, 3.05) is 0 Å². The Labute approximate surface area is 97.1 Å². The van der Waals surface area contributed by atoms with Gasteiger partial charge in [-0.25, -0.2) is 0 Å². The first-order chi connectivity index (χ1) is 6.16. The highest BCUT2D eigenvalue weighted by Gasteiger charge is 2.11. The van der Waals surface area contributed by atoms with Gasteiger partial charge in [-0.2, -0.15) is 5.26 Å². The number of para-hydroxylation sites is 1. The Morgan fingerprint density at radius 3 is 2.79 bits per heavy atom. The van der Waals surface area contributed by atoms with E-state index in [1.165, 1.54) is 0 Å². The van der Waals surface area contributed by atoms with Gasteiger partial charge in [-0.3, -0.25) is 0 Å². The maximum Gasteiger partial charge on any atom is 0.134 e. The topological polar surface area (TPSA) is 70.0 Å². The lowest BCUT2D eigenvalue weighted by Crippen LogP contribution is -2.09. The first-order valence-corrected chi connectivity index (χ1v) is 4.56. The van der Waals surface area contributed by atoms with E-state index >= 15 is 0 Å². The van der Waals surface area contributed by atoms with Crippen LogP contribution in [0.4, 0.5) is 0 Å². The van der Waals surface area contributed by atoms with E-state index in [0.717, 1.165) is 0 Å². The number of rotatable bonds is 2. The minimum absolute atomic E-state index is 0. The Balaban J connectivity index is 0.00000169. The van der Waals surface area contributed by atoms with Gasteiger partial charge in [0.15, 0.2) is 0 Å². The van der Waals surface area contributed by atoms with Crippen molar-refractivity contribution in [3.8, 4) is 11.8 Å². The molecule has 0 aromatic heterocycles. The summed E-state index contributed by atoms with van der Waals surface area (Å²) in [6, 6.07) is 6.74. The van der Waals surface area contributed by atoms with Gasteiger partial charge in [-0.05, 0) is 22.0 Å². The standard InChI is InChI=1S/C9H9BrN2O.ClH/c10-7-3-1-2-6(9(7)13)8(12)4-5-11;/h1-3,8,13H,4,12H2;1H/t8-;/m0./s1. The Morgan fingerprint density at radius 1 is 1.57 bits per heavy atom. The fourth-order valence-electron chi connectivity index (χ4n) is 1.04. The number of nitriles is 1. The zero-order chi connectivity index (χ0) is 9.84. The second-order valence-electron chi connectivity index (χ2n) is 2.65. The first kappa shape index (κ1) is 13.2. The molecule has 0 aliphatic rings. The van der Waals surface area contributed by atoms with Crippen LogP contribution in [0.3, 0.4) is 0 Å². The van der Waals surface area contributed by atoms with Crippen molar-refractivity contribution in [1.29, 1.82) is 5.26 Å². The van der Waals surface area contributed by atoms with Crippen LogP contribution in [0.25, 0.3) is 0 Å². The normalized spacial score (nSPS) is 11.2. The van der Waals surface area contributed by atoms with Crippen LogP contribution >= 0.6 is 28.3 Å². The van der Waals surface area contributed by atoms with Crippen LogP contribution in [-0.2, 0) is 0 Å². The van der Waals surface area contributed by atoms with Crippen LogP contribution in [0.5, 0.6) is 5.75 Å². The van der Waals surface area contributed by atoms with Crippen molar-refractivity contribution in [1.82, 2.24) is 0 Å². The van der Waals surface area contributed by atoms with E-state index in [1.807, 2.05) is 6.07 Å². The molecule has 5 heteroatoms. The number of phenols is 1. The van der Waals surface area contributed by atoms with Gasteiger partial charge in [0.05, 0.1) is 17.0 Å². The van der Waals surface area contributed by atoms with Crippen LogP contribution in [0, 0.1) is 11.3 Å². The van der Waals surface area contributed by atoms with E-state index in [0.29, 0.717) is 10.0 Å². The summed E-state index contributed by atoms with van der Waals surface area (Å²) < 4.78 is 0.596. The van der Waals surface area contributed by atoms with Crippen LogP contribution in [-0.4, -0.2) is 5.11 Å². The van der Waals surface area contributed by atoms with E-state index < -0.39 is 6.04 Å². The summed E-state index contributed by atoms with van der Waals surface area (Å²) in [5.74, 6) is 0.116. The predicted octanol–water partition coefficient (Wildman–Crippen LogP) is 2.49. The molecule has 0 aliphatic heterocycles. The number of aromatic hydroxyl groups is 1. The quantitative estimate of drug-likeness (QED) is 0.872. The molecule has 1 aromatic rings. The second-order valence-corrected chi connectivity index (χ2v) is 3.50. The SMILES string of the molecule is Cl.N#CC[C@H](N)c1cccc(Br)c1O. The monoisotopic (exact) mass is 276 g/mol. The van der Waals surface area contributed by atoms with Crippen molar-refractivity contribution in [2.24, 2.45) is 5.73 Å². The highest BCUT2D eigenvalue weighted by Crippen LogP contribution is 2.31. The lowest BCUT2D eigenvalue weighted by Gasteiger charge is -2.10. The summed E-state index contributed by atoms with van der Waals surface area (Å²) in [6.45, 7) is 0. The summed E-state index contributed by atoms with van der Waals surface area (Å²) >= 11 is 3.18. The Morgan fingerprint density at radius 2 is 2.21 bits per heavy atom. The molecule has 3 N–H and O–H groups in total. The highest BCUT2D eigenvalue weighted by molar-refractivity contribution is 9.10. The van der Waals surface area contributed by atoms with Crippen molar-refractivity contribution >= 4 is 28.3 Å². The van der Waals surface area contributed by atoms with E-state index in [4.69, 9.17) is 11.0 Å². The zero-order valence-electron chi connectivity index (χ0n) is 7.27. The number of benzene rings is 1. The molecule has 0 radical (unpaired) electrons. The molecular weight excluding hydrogens is 267 g/mol. The average molecular weight is 278 g/mol. The van der Waals surface area contributed by atoms with E-state index in [-0.39, 0.29) is 24.6 Å². The molecule has 0 spiro atoms. The fourth-order valence-corrected chi connectivity index (χ4v) is 1.42. The molecule has 76 valence electrons. The Hall–Kier alpha value is -0.760. The lowest BCUT2D eigenvalue weighted by atomic mass is 10.0. The van der Waals surface area contributed by atoms with E-state index in [1.54, 1.807) is 18.2 Å². The molecule has 0 heterocycles. The number of nitrogens with two attached hydrogens (primary N) is 1. The number of hydrogen-bond acceptors (Lipinski definition) is 3. The van der Waals surface area contributed by atoms with E-state index in [2.05, 4.69) is 15.9 Å². The Kier molecular flexibility index (Phi) is 5.55. The molecule has 0 amide bonds. The summed E-state index contributed by atoms with van der Waals surface area (Å²) in [7, 11) is 0. The zero-order valence-corrected chi connectivity index (χ0v) is 9.68. The first-order valence-electron chi connectivity index (χ1n) is 3.76. The van der Waals surface area contributed by atoms with Crippen LogP contribution in [0.2, 0.25) is 0 Å². The fraction of sp³-hybridized carbons (Fsp3) is 0.222. The van der Waals surface area contributed by atoms with Gasteiger partial charge in [0.1, 0.15) is 5.75 Å². The lowest BCUT2D eigenvalue weighted by molar-refractivity contribution is 0.458. The largest absolute Gasteiger partial charge is 0.506 e. The minimum Gasteiger partial charge on any atom is -0.506 e. The number of hydrogen-bond donors (Lipinski definition) is 2. The minimum atomic E-state index is -0.428. The summed E-state index contributed by atoms with van der Waals surface area (Å²) in [6.07, 6.45) is 0.198. The van der Waals surface area contributed by atoms with Crippen LogP contribution < -0.4 is 5.73 Å². The number of phenolic OH excluding ortho intramolecular Hbond substituents is 1. The maximum absolute atomic E-state index is 9.56. The van der Waals surface area contributed by atoms with Gasteiger partial charge >= 0.3 is 0 Å². The average Bonchev–Trinajstić information content (AvgIpc) is 2.10. The molecule has 14 heavy (non-hydrogen) atoms. The van der Waals surface area contributed by atoms with Gasteiger partial charge in [-0.15, -0.1) is 12.4 Å². The van der Waals surface area contributed by atoms with Crippen molar-refractivity contribution in [3.05, 3.63) is 28.2 Å². The molecule has 1 aromatic carbocycles. The van der Waals surface area contributed by atoms with Gasteiger partial charge < -0.3 is 10.8 Å². The molecular formula is C9H10BrClN2O. The number of nitrogens with zero attached hydrogens (tertiary/aromatic N) is 1. The molecule has 1 atom stereocenters. The van der Waals surface area contributed by atoms with Crippen molar-refractivity contribution in [3.63, 3.8) is 0 Å². The molecule has 1 rings (SSSR count). The van der Waals surface area contributed by atoms with Gasteiger partial charge in [0.2, 0.25) is 0 Å². The van der Waals surface area contributed by atoms with Gasteiger partial charge in [0.25, 0.3) is 0 Å². The summed E-state index contributed by atoms with van der Waals surface area (Å²) in [5, 5.41) is 18.0.